The van der Waals surface area contributed by atoms with E-state index in [2.05, 4.69) is 25.1 Å². The Morgan fingerprint density at radius 1 is 1.15 bits per heavy atom. The number of sulfonamides is 1. The number of aromatic nitrogens is 5. The quantitative estimate of drug-likeness (QED) is 0.258. The Kier molecular flexibility index (Phi) is 4.66. The van der Waals surface area contributed by atoms with Gasteiger partial charge in [0.05, 0.1) is 22.8 Å². The molecule has 6 rings (SSSR count). The molecule has 3 heterocycles. The van der Waals surface area contributed by atoms with Gasteiger partial charge in [-0.2, -0.15) is 9.61 Å². The Labute approximate surface area is 194 Å². The van der Waals surface area contributed by atoms with Crippen molar-refractivity contribution in [2.75, 3.05) is 10.0 Å². The van der Waals surface area contributed by atoms with E-state index in [1.165, 1.54) is 0 Å². The van der Waals surface area contributed by atoms with Gasteiger partial charge in [0.15, 0.2) is 5.65 Å². The number of rotatable bonds is 8. The number of hydrogen-bond donors (Lipinski definition) is 5. The van der Waals surface area contributed by atoms with Crippen molar-refractivity contribution in [2.24, 2.45) is 0 Å². The molecule has 34 heavy (non-hydrogen) atoms. The molecular weight excluding hydrogens is 458 g/mol. The Morgan fingerprint density at radius 2 is 1.97 bits per heavy atom. The SMILES string of the molecule is O=c1[nH]c(O)c(Cc2cnn3c(NC4CC4)cc(-c4cccc(NS(=O)(=O)C5CC5)c4)nc23)[nH]1. The fraction of sp³-hybridized carbons (Fsp3) is 0.318. The summed E-state index contributed by atoms with van der Waals surface area (Å²) in [4.78, 5) is 21.2. The largest absolute Gasteiger partial charge is 0.493 e. The van der Waals surface area contributed by atoms with Crippen LogP contribution in [0.5, 0.6) is 5.88 Å². The molecular formula is C22H23N7O4S. The number of nitrogens with zero attached hydrogens (tertiary/aromatic N) is 3. The zero-order chi connectivity index (χ0) is 23.4. The number of hydrogen-bond acceptors (Lipinski definition) is 7. The van der Waals surface area contributed by atoms with Gasteiger partial charge in [-0.3, -0.25) is 9.71 Å². The van der Waals surface area contributed by atoms with Gasteiger partial charge in [0.2, 0.25) is 15.9 Å². The van der Waals surface area contributed by atoms with Crippen molar-refractivity contribution in [2.45, 2.75) is 43.4 Å². The molecule has 11 nitrogen and oxygen atoms in total. The Hall–Kier alpha value is -3.80. The van der Waals surface area contributed by atoms with Gasteiger partial charge in [-0.05, 0) is 37.8 Å². The van der Waals surface area contributed by atoms with Crippen molar-refractivity contribution in [3.8, 4) is 17.1 Å². The van der Waals surface area contributed by atoms with Crippen LogP contribution in [0, 0.1) is 0 Å². The maximum Gasteiger partial charge on any atom is 0.325 e. The lowest BCUT2D eigenvalue weighted by Crippen LogP contribution is -2.17. The third-order valence-electron chi connectivity index (χ3n) is 6.01. The number of aromatic hydroxyl groups is 1. The summed E-state index contributed by atoms with van der Waals surface area (Å²) in [5.41, 5.74) is 3.05. The van der Waals surface area contributed by atoms with E-state index in [-0.39, 0.29) is 17.6 Å². The Bertz CT molecular complexity index is 1560. The first kappa shape index (κ1) is 20.8. The summed E-state index contributed by atoms with van der Waals surface area (Å²) in [6.07, 6.45) is 5.42. The van der Waals surface area contributed by atoms with E-state index in [0.29, 0.717) is 41.6 Å². The van der Waals surface area contributed by atoms with Crippen LogP contribution in [-0.4, -0.2) is 49.4 Å². The zero-order valence-corrected chi connectivity index (χ0v) is 18.9. The number of fused-ring (bicyclic) bond motifs is 1. The van der Waals surface area contributed by atoms with Crippen LogP contribution >= 0.6 is 0 Å². The molecule has 0 radical (unpaired) electrons. The molecule has 0 amide bonds. The highest BCUT2D eigenvalue weighted by Crippen LogP contribution is 2.32. The average Bonchev–Trinajstić information content (AvgIpc) is 3.72. The van der Waals surface area contributed by atoms with Gasteiger partial charge in [0.1, 0.15) is 5.82 Å². The zero-order valence-electron chi connectivity index (χ0n) is 18.1. The first-order chi connectivity index (χ1) is 16.4. The number of H-pyrrole nitrogens is 2. The van der Waals surface area contributed by atoms with Crippen LogP contribution in [0.4, 0.5) is 11.5 Å². The maximum absolute atomic E-state index is 12.4. The van der Waals surface area contributed by atoms with E-state index in [9.17, 15) is 18.3 Å². The molecule has 1 aromatic carbocycles. The van der Waals surface area contributed by atoms with Gasteiger partial charge in [-0.15, -0.1) is 0 Å². The summed E-state index contributed by atoms with van der Waals surface area (Å²) in [7, 11) is -3.38. The molecule has 0 atom stereocenters. The van der Waals surface area contributed by atoms with Crippen LogP contribution < -0.4 is 15.7 Å². The lowest BCUT2D eigenvalue weighted by molar-refractivity contribution is 0.450. The van der Waals surface area contributed by atoms with Gasteiger partial charge < -0.3 is 15.4 Å². The van der Waals surface area contributed by atoms with E-state index < -0.39 is 15.7 Å². The third-order valence-corrected chi connectivity index (χ3v) is 7.87. The monoisotopic (exact) mass is 481 g/mol. The van der Waals surface area contributed by atoms with Gasteiger partial charge in [-0.1, -0.05) is 12.1 Å². The van der Waals surface area contributed by atoms with Crippen LogP contribution in [0.2, 0.25) is 0 Å². The first-order valence-electron chi connectivity index (χ1n) is 11.1. The molecule has 0 spiro atoms. The minimum absolute atomic E-state index is 0.215. The number of aromatic amines is 2. The molecule has 12 heteroatoms. The second kappa shape index (κ2) is 7.62. The number of imidazole rings is 1. The lowest BCUT2D eigenvalue weighted by Gasteiger charge is -2.12. The first-order valence-corrected chi connectivity index (χ1v) is 12.7. The molecule has 0 unspecified atom stereocenters. The molecule has 2 aliphatic rings. The molecule has 2 saturated carbocycles. The van der Waals surface area contributed by atoms with Crippen molar-refractivity contribution < 1.29 is 13.5 Å². The van der Waals surface area contributed by atoms with E-state index in [1.54, 1.807) is 28.9 Å². The summed E-state index contributed by atoms with van der Waals surface area (Å²) in [5, 5.41) is 17.6. The fourth-order valence-corrected chi connectivity index (χ4v) is 5.30. The predicted octanol–water partition coefficient (Wildman–Crippen LogP) is 2.19. The normalized spacial score (nSPS) is 16.1. The fourth-order valence-electron chi connectivity index (χ4n) is 3.92. The minimum atomic E-state index is -3.38. The summed E-state index contributed by atoms with van der Waals surface area (Å²) in [5.74, 6) is 0.553. The molecule has 2 aliphatic carbocycles. The van der Waals surface area contributed by atoms with Crippen molar-refractivity contribution in [1.29, 1.82) is 0 Å². The highest BCUT2D eigenvalue weighted by atomic mass is 32.2. The van der Waals surface area contributed by atoms with Gasteiger partial charge in [0.25, 0.3) is 0 Å². The Balaban J connectivity index is 1.41. The average molecular weight is 482 g/mol. The summed E-state index contributed by atoms with van der Waals surface area (Å²) in [6.45, 7) is 0. The van der Waals surface area contributed by atoms with E-state index in [0.717, 1.165) is 29.8 Å². The Morgan fingerprint density at radius 3 is 2.68 bits per heavy atom. The second-order valence-corrected chi connectivity index (χ2v) is 10.8. The summed E-state index contributed by atoms with van der Waals surface area (Å²) >= 11 is 0. The van der Waals surface area contributed by atoms with Crippen LogP contribution in [0.25, 0.3) is 16.9 Å². The maximum atomic E-state index is 12.4. The van der Waals surface area contributed by atoms with Crippen LogP contribution in [0.3, 0.4) is 0 Å². The molecule has 0 bridgehead atoms. The molecule has 5 N–H and O–H groups in total. The van der Waals surface area contributed by atoms with Crippen molar-refractivity contribution in [1.82, 2.24) is 24.6 Å². The molecule has 2 fully saturated rings. The van der Waals surface area contributed by atoms with Crippen molar-refractivity contribution in [3.63, 3.8) is 0 Å². The number of anilines is 2. The van der Waals surface area contributed by atoms with Crippen LogP contribution in [0.1, 0.15) is 36.9 Å². The van der Waals surface area contributed by atoms with Crippen LogP contribution in [-0.2, 0) is 16.4 Å². The van der Waals surface area contributed by atoms with Crippen LogP contribution in [0.15, 0.2) is 41.3 Å². The smallest absolute Gasteiger partial charge is 0.325 e. The molecule has 3 aromatic heterocycles. The highest BCUT2D eigenvalue weighted by Gasteiger charge is 2.35. The standard InChI is InChI=1S/C22H23N7O4S/c30-21-18(26-22(31)27-21)9-13-11-23-29-19(24-14-4-5-14)10-17(25-20(13)29)12-2-1-3-15(8-12)28-34(32,33)16-6-7-16/h1-3,8,10-11,14,16,24,28,30H,4-7,9H2,(H2,26,27,31). The van der Waals surface area contributed by atoms with E-state index in [4.69, 9.17) is 4.98 Å². The lowest BCUT2D eigenvalue weighted by atomic mass is 10.1. The number of nitrogens with one attached hydrogen (secondary N) is 4. The third kappa shape index (κ3) is 4.00. The topological polar surface area (TPSA) is 157 Å². The molecule has 4 aromatic rings. The van der Waals surface area contributed by atoms with Gasteiger partial charge in [0, 0.05) is 35.3 Å². The molecule has 0 saturated heterocycles. The molecule has 176 valence electrons. The van der Waals surface area contributed by atoms with Crippen molar-refractivity contribution in [3.05, 3.63) is 58.3 Å². The van der Waals surface area contributed by atoms with E-state index >= 15 is 0 Å². The minimum Gasteiger partial charge on any atom is -0.493 e. The van der Waals surface area contributed by atoms with Gasteiger partial charge in [-0.25, -0.2) is 18.2 Å². The summed E-state index contributed by atoms with van der Waals surface area (Å²) < 4.78 is 29.2. The second-order valence-electron chi connectivity index (χ2n) is 8.86. The highest BCUT2D eigenvalue weighted by molar-refractivity contribution is 7.93. The van der Waals surface area contributed by atoms with Crippen molar-refractivity contribution >= 4 is 27.2 Å². The van der Waals surface area contributed by atoms with Gasteiger partial charge >= 0.3 is 5.69 Å². The number of benzene rings is 1. The van der Waals surface area contributed by atoms with E-state index in [1.807, 2.05) is 12.1 Å². The predicted molar refractivity (Wildman–Crippen MR) is 127 cm³/mol. The summed E-state index contributed by atoms with van der Waals surface area (Å²) in [6, 6.07) is 9.42. The molecule has 0 aliphatic heterocycles.